The average Bonchev–Trinajstić information content (AvgIpc) is 2.68. The van der Waals surface area contributed by atoms with Gasteiger partial charge >= 0.3 is 5.51 Å². The molecule has 0 amide bonds. The van der Waals surface area contributed by atoms with Gasteiger partial charge in [0.2, 0.25) is 6.29 Å². The number of hydrogen-bond acceptors (Lipinski definition) is 4. The molecule has 3 rings (SSSR count). The van der Waals surface area contributed by atoms with Gasteiger partial charge in [-0.05, 0) is 12.5 Å². The number of ether oxygens (including phenoxy) is 2. The van der Waals surface area contributed by atoms with Gasteiger partial charge in [-0.2, -0.15) is 13.2 Å². The maximum atomic E-state index is 13.5. The van der Waals surface area contributed by atoms with Gasteiger partial charge in [-0.25, -0.2) is 8.42 Å². The number of sulfone groups is 1. The zero-order valence-corrected chi connectivity index (χ0v) is 15.8. The molecule has 1 aliphatic heterocycles. The number of hydrogen-bond donors (Lipinski definition) is 0. The molecule has 2 aromatic carbocycles. The summed E-state index contributed by atoms with van der Waals surface area (Å²) in [6.07, 6.45) is -0.906. The van der Waals surface area contributed by atoms with Crippen molar-refractivity contribution in [3.05, 3.63) is 76.7 Å². The van der Waals surface area contributed by atoms with Crippen LogP contribution in [0.2, 0.25) is 0 Å². The lowest BCUT2D eigenvalue weighted by Crippen LogP contribution is -2.34. The molecule has 0 aliphatic carbocycles. The normalized spacial score (nSPS) is 20.7. The predicted molar refractivity (Wildman–Crippen MR) is 98.6 cm³/mol. The van der Waals surface area contributed by atoms with E-state index < -0.39 is 32.5 Å². The quantitative estimate of drug-likeness (QED) is 0.704. The van der Waals surface area contributed by atoms with Crippen molar-refractivity contribution in [2.75, 3.05) is 6.61 Å². The fourth-order valence-corrected chi connectivity index (χ4v) is 4.46. The molecule has 4 nitrogen and oxygen atoms in total. The van der Waals surface area contributed by atoms with E-state index in [9.17, 15) is 21.6 Å². The van der Waals surface area contributed by atoms with Crippen LogP contribution in [0.3, 0.4) is 0 Å². The second-order valence-corrected chi connectivity index (χ2v) is 8.12. The summed E-state index contributed by atoms with van der Waals surface area (Å²) in [5, 5.41) is 0. The number of rotatable bonds is 5. The van der Waals surface area contributed by atoms with Crippen LogP contribution in [0.25, 0.3) is 5.76 Å². The van der Waals surface area contributed by atoms with Gasteiger partial charge in [0.15, 0.2) is 0 Å². The van der Waals surface area contributed by atoms with Crippen LogP contribution in [-0.2, 0) is 19.3 Å². The molecular weight excluding hydrogens is 393 g/mol. The van der Waals surface area contributed by atoms with Gasteiger partial charge in [-0.1, -0.05) is 60.7 Å². The second-order valence-electron chi connectivity index (χ2n) is 6.21. The van der Waals surface area contributed by atoms with Crippen molar-refractivity contribution in [2.45, 2.75) is 31.1 Å². The SMILES string of the molecule is CCO[C@@H]1C[C@H](c2ccccc2)C(S(=O)(=O)C(F)(F)F)=C(c2ccccc2)O1. The topological polar surface area (TPSA) is 52.6 Å². The van der Waals surface area contributed by atoms with E-state index in [4.69, 9.17) is 9.47 Å². The number of alkyl halides is 3. The van der Waals surface area contributed by atoms with E-state index in [0.717, 1.165) is 0 Å². The minimum absolute atomic E-state index is 0.0428. The molecule has 0 radical (unpaired) electrons. The van der Waals surface area contributed by atoms with Gasteiger partial charge in [0.05, 0.1) is 0 Å². The van der Waals surface area contributed by atoms with E-state index >= 15 is 0 Å². The minimum atomic E-state index is -5.63. The Balaban J connectivity index is 2.29. The van der Waals surface area contributed by atoms with Crippen LogP contribution < -0.4 is 0 Å². The fraction of sp³-hybridized carbons (Fsp3) is 0.300. The zero-order chi connectivity index (χ0) is 20.4. The van der Waals surface area contributed by atoms with E-state index in [0.29, 0.717) is 5.56 Å². The van der Waals surface area contributed by atoms with Gasteiger partial charge in [0, 0.05) is 24.5 Å². The Hall–Kier alpha value is -2.32. The lowest BCUT2D eigenvalue weighted by atomic mass is 9.91. The van der Waals surface area contributed by atoms with Gasteiger partial charge in [-0.3, -0.25) is 0 Å². The van der Waals surface area contributed by atoms with E-state index in [1.165, 1.54) is 12.1 Å². The maximum Gasteiger partial charge on any atom is 0.501 e. The lowest BCUT2D eigenvalue weighted by molar-refractivity contribution is -0.105. The molecule has 1 aliphatic rings. The van der Waals surface area contributed by atoms with Crippen LogP contribution in [0.5, 0.6) is 0 Å². The Bertz CT molecular complexity index is 938. The summed E-state index contributed by atoms with van der Waals surface area (Å²) in [5.41, 5.74) is -4.75. The molecule has 1 heterocycles. The highest BCUT2D eigenvalue weighted by molar-refractivity contribution is 7.96. The molecule has 0 fully saturated rings. The lowest BCUT2D eigenvalue weighted by Gasteiger charge is -2.34. The molecule has 0 saturated heterocycles. The third kappa shape index (κ3) is 3.93. The van der Waals surface area contributed by atoms with E-state index in [1.807, 2.05) is 0 Å². The van der Waals surface area contributed by atoms with Crippen molar-refractivity contribution >= 4 is 15.6 Å². The number of allylic oxidation sites excluding steroid dienone is 1. The van der Waals surface area contributed by atoms with Crippen molar-refractivity contribution in [3.8, 4) is 0 Å². The molecule has 8 heteroatoms. The molecule has 0 unspecified atom stereocenters. The van der Waals surface area contributed by atoms with Crippen molar-refractivity contribution in [1.29, 1.82) is 0 Å². The molecule has 2 atom stereocenters. The summed E-state index contributed by atoms with van der Waals surface area (Å²) in [7, 11) is -5.63. The first-order valence-corrected chi connectivity index (χ1v) is 10.2. The van der Waals surface area contributed by atoms with Crippen molar-refractivity contribution in [2.24, 2.45) is 0 Å². The maximum absolute atomic E-state index is 13.5. The highest BCUT2D eigenvalue weighted by Gasteiger charge is 2.53. The van der Waals surface area contributed by atoms with Gasteiger partial charge in [0.1, 0.15) is 10.7 Å². The third-order valence-electron chi connectivity index (χ3n) is 4.40. The fourth-order valence-electron chi connectivity index (χ4n) is 3.19. The van der Waals surface area contributed by atoms with E-state index in [1.54, 1.807) is 55.5 Å². The van der Waals surface area contributed by atoms with Crippen LogP contribution in [0, 0.1) is 0 Å². The smallest absolute Gasteiger partial charge is 0.463 e. The molecule has 0 saturated carbocycles. The summed E-state index contributed by atoms with van der Waals surface area (Å²) >= 11 is 0. The Labute approximate surface area is 161 Å². The van der Waals surface area contributed by atoms with Crippen LogP contribution in [0.4, 0.5) is 13.2 Å². The summed E-state index contributed by atoms with van der Waals surface area (Å²) in [6, 6.07) is 16.1. The van der Waals surface area contributed by atoms with Crippen LogP contribution in [0.1, 0.15) is 30.4 Å². The highest BCUT2D eigenvalue weighted by Crippen LogP contribution is 2.47. The summed E-state index contributed by atoms with van der Waals surface area (Å²) in [4.78, 5) is -0.784. The number of halogens is 3. The standard InChI is InChI=1S/C20H19F3O4S/c1-2-26-17-13-16(14-9-5-3-6-10-14)19(28(24,25)20(21,22)23)18(27-17)15-11-7-4-8-12-15/h3-12,16-17H,2,13H2,1H3/t16-,17+/m1/s1. The highest BCUT2D eigenvalue weighted by atomic mass is 32.2. The van der Waals surface area contributed by atoms with E-state index in [2.05, 4.69) is 0 Å². The zero-order valence-electron chi connectivity index (χ0n) is 15.0. The molecule has 150 valence electrons. The first-order valence-electron chi connectivity index (χ1n) is 8.70. The summed E-state index contributed by atoms with van der Waals surface area (Å²) in [5.74, 6) is -1.37. The Kier molecular flexibility index (Phi) is 5.81. The van der Waals surface area contributed by atoms with Crippen molar-refractivity contribution < 1.29 is 31.1 Å². The Morgan fingerprint density at radius 2 is 1.61 bits per heavy atom. The number of benzene rings is 2. The molecule has 0 aromatic heterocycles. The van der Waals surface area contributed by atoms with Crippen molar-refractivity contribution in [1.82, 2.24) is 0 Å². The summed E-state index contributed by atoms with van der Waals surface area (Å²) in [6.45, 7) is 2.00. The summed E-state index contributed by atoms with van der Waals surface area (Å²) < 4.78 is 76.8. The molecule has 0 spiro atoms. The first kappa shape index (κ1) is 20.4. The largest absolute Gasteiger partial charge is 0.501 e. The van der Waals surface area contributed by atoms with Crippen LogP contribution in [-0.4, -0.2) is 26.8 Å². The molecule has 2 aromatic rings. The first-order chi connectivity index (χ1) is 13.3. The van der Waals surface area contributed by atoms with Gasteiger partial charge < -0.3 is 9.47 Å². The minimum Gasteiger partial charge on any atom is -0.463 e. The molecule has 28 heavy (non-hydrogen) atoms. The Morgan fingerprint density at radius 3 is 2.14 bits per heavy atom. The average molecular weight is 412 g/mol. The van der Waals surface area contributed by atoms with Gasteiger partial charge in [-0.15, -0.1) is 0 Å². The van der Waals surface area contributed by atoms with Crippen LogP contribution in [0.15, 0.2) is 65.6 Å². The molecule has 0 bridgehead atoms. The Morgan fingerprint density at radius 1 is 1.04 bits per heavy atom. The third-order valence-corrected chi connectivity index (χ3v) is 6.06. The van der Waals surface area contributed by atoms with Crippen molar-refractivity contribution in [3.63, 3.8) is 0 Å². The van der Waals surface area contributed by atoms with Crippen LogP contribution >= 0.6 is 0 Å². The molecular formula is C20H19F3O4S. The van der Waals surface area contributed by atoms with E-state index in [-0.39, 0.29) is 24.4 Å². The van der Waals surface area contributed by atoms with Gasteiger partial charge in [0.25, 0.3) is 9.84 Å². The monoisotopic (exact) mass is 412 g/mol. The molecule has 0 N–H and O–H groups in total. The predicted octanol–water partition coefficient (Wildman–Crippen LogP) is 4.86. The second kappa shape index (κ2) is 7.97.